The minimum absolute atomic E-state index is 0.144. The number of hydrogen-bond donors (Lipinski definition) is 1. The molecule has 0 bridgehead atoms. The van der Waals surface area contributed by atoms with Crippen LogP contribution in [0.25, 0.3) is 0 Å². The average Bonchev–Trinajstić information content (AvgIpc) is 2.43. The summed E-state index contributed by atoms with van der Waals surface area (Å²) in [6, 6.07) is 8.86. The van der Waals surface area contributed by atoms with E-state index >= 15 is 0 Å². The molecule has 23 heavy (non-hydrogen) atoms. The summed E-state index contributed by atoms with van der Waals surface area (Å²) in [6.45, 7) is 8.41. The van der Waals surface area contributed by atoms with Gasteiger partial charge in [-0.15, -0.1) is 0 Å². The van der Waals surface area contributed by atoms with Crippen LogP contribution in [-0.2, 0) is 18.4 Å². The number of aliphatic hydroxyl groups is 1. The topological polar surface area (TPSA) is 72.8 Å². The number of aliphatic hydroxyl groups excluding tert-OH is 1. The number of ketones is 1. The smallest absolute Gasteiger partial charge is 0.332 e. The van der Waals surface area contributed by atoms with Gasteiger partial charge >= 0.3 is 7.60 Å². The highest BCUT2D eigenvalue weighted by Gasteiger charge is 2.37. The van der Waals surface area contributed by atoms with Gasteiger partial charge in [0, 0.05) is 0 Å². The highest BCUT2D eigenvalue weighted by atomic mass is 31.2. The van der Waals surface area contributed by atoms with Crippen LogP contribution in [0.5, 0.6) is 0 Å². The third-order valence-electron chi connectivity index (χ3n) is 3.21. The van der Waals surface area contributed by atoms with Crippen molar-refractivity contribution in [3.63, 3.8) is 0 Å². The fourth-order valence-corrected chi connectivity index (χ4v) is 4.77. The molecular weight excluding hydrogens is 315 g/mol. The van der Waals surface area contributed by atoms with Gasteiger partial charge in [0.1, 0.15) is 5.78 Å². The first kappa shape index (κ1) is 20.0. The quantitative estimate of drug-likeness (QED) is 0.688. The number of carbonyl (C=O) groups excluding carboxylic acids is 1. The standard InChI is InChI=1S/C17H27O5P/c1-12(2)21-23(20,22-13(3)4)11-16(14(5)18)17(19)15-9-7-6-8-10-15/h6-10,12-13,16-17,19H,11H2,1-5H3/t16-,17-/m1/s1. The Morgan fingerprint density at radius 1 is 1.09 bits per heavy atom. The largest absolute Gasteiger partial charge is 0.388 e. The van der Waals surface area contributed by atoms with Gasteiger partial charge in [0.05, 0.1) is 30.4 Å². The lowest BCUT2D eigenvalue weighted by atomic mass is 9.94. The van der Waals surface area contributed by atoms with Crippen molar-refractivity contribution in [2.24, 2.45) is 5.92 Å². The molecule has 1 rings (SSSR count). The molecule has 0 saturated carbocycles. The van der Waals surface area contributed by atoms with Gasteiger partial charge < -0.3 is 14.2 Å². The Kier molecular flexibility index (Phi) is 7.62. The van der Waals surface area contributed by atoms with Crippen LogP contribution in [0.1, 0.15) is 46.3 Å². The normalized spacial score (nSPS) is 15.0. The van der Waals surface area contributed by atoms with Gasteiger partial charge in [-0.2, -0.15) is 0 Å². The summed E-state index contributed by atoms with van der Waals surface area (Å²) in [4.78, 5) is 12.0. The predicted octanol–water partition coefficient (Wildman–Crippen LogP) is 3.97. The maximum atomic E-state index is 13.0. The van der Waals surface area contributed by atoms with Crippen molar-refractivity contribution in [3.05, 3.63) is 35.9 Å². The van der Waals surface area contributed by atoms with Crippen molar-refractivity contribution in [3.8, 4) is 0 Å². The maximum absolute atomic E-state index is 13.0. The third-order valence-corrected chi connectivity index (χ3v) is 5.53. The SMILES string of the molecule is CC(=O)[C@@H](CP(=O)(OC(C)C)OC(C)C)[C@H](O)c1ccccc1. The Hall–Kier alpha value is -1.00. The molecule has 0 aliphatic rings. The molecule has 0 aliphatic heterocycles. The monoisotopic (exact) mass is 342 g/mol. The lowest BCUT2D eigenvalue weighted by Gasteiger charge is -2.28. The van der Waals surface area contributed by atoms with Crippen molar-refractivity contribution >= 4 is 13.4 Å². The molecule has 0 aliphatic carbocycles. The second kappa shape index (κ2) is 8.74. The van der Waals surface area contributed by atoms with E-state index in [1.807, 2.05) is 6.07 Å². The van der Waals surface area contributed by atoms with Gasteiger partial charge in [-0.3, -0.25) is 9.36 Å². The first-order chi connectivity index (χ1) is 10.6. The van der Waals surface area contributed by atoms with Gasteiger partial charge in [-0.1, -0.05) is 30.3 Å². The molecule has 130 valence electrons. The Morgan fingerprint density at radius 3 is 1.96 bits per heavy atom. The van der Waals surface area contributed by atoms with E-state index < -0.39 is 19.6 Å². The summed E-state index contributed by atoms with van der Waals surface area (Å²) < 4.78 is 23.9. The molecule has 0 radical (unpaired) electrons. The van der Waals surface area contributed by atoms with Gasteiger partial charge in [-0.05, 0) is 40.2 Å². The zero-order chi connectivity index (χ0) is 17.6. The molecule has 0 amide bonds. The lowest BCUT2D eigenvalue weighted by Crippen LogP contribution is -2.26. The number of benzene rings is 1. The van der Waals surface area contributed by atoms with Gasteiger partial charge in [0.15, 0.2) is 0 Å². The lowest BCUT2D eigenvalue weighted by molar-refractivity contribution is -0.123. The molecule has 5 nitrogen and oxygen atoms in total. The number of carbonyl (C=O) groups is 1. The second-order valence-electron chi connectivity index (χ2n) is 6.17. The number of hydrogen-bond acceptors (Lipinski definition) is 5. The summed E-state index contributed by atoms with van der Waals surface area (Å²) in [5.74, 6) is -1.10. The molecular formula is C17H27O5P. The summed E-state index contributed by atoms with van der Waals surface area (Å²) in [5.41, 5.74) is 0.605. The molecule has 1 aromatic carbocycles. The molecule has 1 N–H and O–H groups in total. The Morgan fingerprint density at radius 2 is 1.57 bits per heavy atom. The Bertz CT molecular complexity index is 527. The number of Topliss-reactive ketones (excluding diaryl/α,β-unsaturated/α-hetero) is 1. The van der Waals surface area contributed by atoms with E-state index in [1.54, 1.807) is 52.0 Å². The van der Waals surface area contributed by atoms with E-state index in [-0.39, 0.29) is 24.2 Å². The van der Waals surface area contributed by atoms with E-state index in [4.69, 9.17) is 9.05 Å². The molecule has 0 fully saturated rings. The van der Waals surface area contributed by atoms with Crippen molar-refractivity contribution in [2.75, 3.05) is 6.16 Å². The van der Waals surface area contributed by atoms with Crippen LogP contribution < -0.4 is 0 Å². The Balaban J connectivity index is 3.04. The van der Waals surface area contributed by atoms with Crippen molar-refractivity contribution in [1.29, 1.82) is 0 Å². The fourth-order valence-electron chi connectivity index (χ4n) is 2.33. The van der Waals surface area contributed by atoms with Crippen LogP contribution in [0, 0.1) is 5.92 Å². The first-order valence-electron chi connectivity index (χ1n) is 7.84. The number of rotatable bonds is 9. The van der Waals surface area contributed by atoms with Crippen LogP contribution in [-0.4, -0.2) is 29.3 Å². The third kappa shape index (κ3) is 6.56. The first-order valence-corrected chi connectivity index (χ1v) is 9.56. The summed E-state index contributed by atoms with van der Waals surface area (Å²) in [5, 5.41) is 10.5. The van der Waals surface area contributed by atoms with Crippen LogP contribution in [0.15, 0.2) is 30.3 Å². The fraction of sp³-hybridized carbons (Fsp3) is 0.588. The van der Waals surface area contributed by atoms with Gasteiger partial charge in [0.2, 0.25) is 0 Å². The second-order valence-corrected chi connectivity index (χ2v) is 8.18. The molecule has 6 heteroatoms. The van der Waals surface area contributed by atoms with Crippen LogP contribution in [0.3, 0.4) is 0 Å². The molecule has 0 unspecified atom stereocenters. The van der Waals surface area contributed by atoms with E-state index in [0.29, 0.717) is 5.56 Å². The highest BCUT2D eigenvalue weighted by Crippen LogP contribution is 2.53. The molecule has 0 heterocycles. The van der Waals surface area contributed by atoms with Crippen LogP contribution >= 0.6 is 7.60 Å². The zero-order valence-electron chi connectivity index (χ0n) is 14.4. The van der Waals surface area contributed by atoms with Gasteiger partial charge in [-0.25, -0.2) is 0 Å². The molecule has 0 spiro atoms. The average molecular weight is 342 g/mol. The Labute approximate surface area is 138 Å². The zero-order valence-corrected chi connectivity index (χ0v) is 15.3. The maximum Gasteiger partial charge on any atom is 0.332 e. The highest BCUT2D eigenvalue weighted by molar-refractivity contribution is 7.53. The van der Waals surface area contributed by atoms with Gasteiger partial charge in [0.25, 0.3) is 0 Å². The van der Waals surface area contributed by atoms with Crippen molar-refractivity contribution in [2.45, 2.75) is 52.9 Å². The molecule has 0 saturated heterocycles. The van der Waals surface area contributed by atoms with Crippen molar-refractivity contribution < 1.29 is 23.5 Å². The molecule has 1 aromatic rings. The van der Waals surface area contributed by atoms with E-state index in [2.05, 4.69) is 0 Å². The minimum atomic E-state index is -3.50. The summed E-state index contributed by atoms with van der Waals surface area (Å²) in [6.07, 6.45) is -1.80. The molecule has 2 atom stereocenters. The summed E-state index contributed by atoms with van der Waals surface area (Å²) in [7, 11) is -3.50. The minimum Gasteiger partial charge on any atom is -0.388 e. The van der Waals surface area contributed by atoms with E-state index in [9.17, 15) is 14.5 Å². The molecule has 0 aromatic heterocycles. The van der Waals surface area contributed by atoms with Crippen LogP contribution in [0.4, 0.5) is 0 Å². The van der Waals surface area contributed by atoms with Crippen LogP contribution in [0.2, 0.25) is 0 Å². The summed E-state index contributed by atoms with van der Waals surface area (Å²) >= 11 is 0. The van der Waals surface area contributed by atoms with E-state index in [1.165, 1.54) is 6.92 Å². The van der Waals surface area contributed by atoms with Crippen molar-refractivity contribution in [1.82, 2.24) is 0 Å². The van der Waals surface area contributed by atoms with E-state index in [0.717, 1.165) is 0 Å². The predicted molar refractivity (Wildman–Crippen MR) is 90.5 cm³/mol.